The molecule has 0 unspecified atom stereocenters. The van der Waals surface area contributed by atoms with Crippen LogP contribution in [0.1, 0.15) is 5.82 Å². The smallest absolute Gasteiger partial charge is 0.239 e. The summed E-state index contributed by atoms with van der Waals surface area (Å²) in [6.45, 7) is 1.74. The van der Waals surface area contributed by atoms with Crippen molar-refractivity contribution < 1.29 is 0 Å². The van der Waals surface area contributed by atoms with Gasteiger partial charge in [0.1, 0.15) is 0 Å². The molecule has 6 nitrogen and oxygen atoms in total. The predicted molar refractivity (Wildman–Crippen MR) is 44.6 cm³/mol. The standard InChI is InChI=1S/C7H8N6/c1-5-9-11-6(12-10-5)7-8-3-4-13(7)2/h3-4H,1-2H3. The van der Waals surface area contributed by atoms with Gasteiger partial charge in [-0.25, -0.2) is 4.98 Å². The van der Waals surface area contributed by atoms with Crippen molar-refractivity contribution >= 4 is 0 Å². The quantitative estimate of drug-likeness (QED) is 0.610. The maximum Gasteiger partial charge on any atom is 0.239 e. The lowest BCUT2D eigenvalue weighted by molar-refractivity contribution is 0.792. The third kappa shape index (κ3) is 1.37. The molecule has 0 radical (unpaired) electrons. The summed E-state index contributed by atoms with van der Waals surface area (Å²) in [7, 11) is 1.87. The molecule has 0 atom stereocenters. The summed E-state index contributed by atoms with van der Waals surface area (Å²) in [4.78, 5) is 4.07. The second-order valence-corrected chi connectivity index (χ2v) is 2.63. The molecule has 0 saturated carbocycles. The number of aromatic nitrogens is 6. The van der Waals surface area contributed by atoms with Crippen molar-refractivity contribution in [1.29, 1.82) is 0 Å². The molecule has 66 valence electrons. The Kier molecular flexibility index (Phi) is 1.73. The Bertz CT molecular complexity index is 403. The van der Waals surface area contributed by atoms with Gasteiger partial charge >= 0.3 is 0 Å². The van der Waals surface area contributed by atoms with Crippen LogP contribution in [0.3, 0.4) is 0 Å². The van der Waals surface area contributed by atoms with Gasteiger partial charge in [-0.1, -0.05) is 0 Å². The van der Waals surface area contributed by atoms with E-state index in [0.717, 1.165) is 0 Å². The summed E-state index contributed by atoms with van der Waals surface area (Å²) in [5.74, 6) is 1.66. The molecule has 0 bridgehead atoms. The molecule has 0 aliphatic carbocycles. The molecule has 0 aliphatic rings. The Hall–Kier alpha value is -1.85. The van der Waals surface area contributed by atoms with Crippen LogP contribution in [0.15, 0.2) is 12.4 Å². The third-order valence-electron chi connectivity index (χ3n) is 1.60. The van der Waals surface area contributed by atoms with Crippen molar-refractivity contribution in [1.82, 2.24) is 29.9 Å². The number of hydrogen-bond acceptors (Lipinski definition) is 5. The molecule has 0 aromatic carbocycles. The Morgan fingerprint density at radius 3 is 2.38 bits per heavy atom. The highest BCUT2D eigenvalue weighted by Crippen LogP contribution is 2.07. The van der Waals surface area contributed by atoms with Crippen LogP contribution in [-0.4, -0.2) is 29.9 Å². The molecule has 2 rings (SSSR count). The van der Waals surface area contributed by atoms with Crippen LogP contribution in [0, 0.1) is 6.92 Å². The van der Waals surface area contributed by atoms with E-state index in [4.69, 9.17) is 0 Å². The van der Waals surface area contributed by atoms with Gasteiger partial charge in [-0.15, -0.1) is 20.4 Å². The minimum absolute atomic E-state index is 0.443. The lowest BCUT2D eigenvalue weighted by atomic mass is 10.6. The van der Waals surface area contributed by atoms with Gasteiger partial charge in [0, 0.05) is 19.4 Å². The number of rotatable bonds is 1. The van der Waals surface area contributed by atoms with Gasteiger partial charge in [0.2, 0.25) is 5.82 Å². The Balaban J connectivity index is 2.47. The zero-order chi connectivity index (χ0) is 9.26. The van der Waals surface area contributed by atoms with Crippen LogP contribution in [0.5, 0.6) is 0 Å². The van der Waals surface area contributed by atoms with Crippen molar-refractivity contribution in [3.8, 4) is 11.6 Å². The molecule has 6 heteroatoms. The maximum absolute atomic E-state index is 4.07. The Morgan fingerprint density at radius 1 is 1.15 bits per heavy atom. The molecule has 13 heavy (non-hydrogen) atoms. The summed E-state index contributed by atoms with van der Waals surface area (Å²) in [5, 5.41) is 15.3. The number of imidazole rings is 1. The molecule has 0 aliphatic heterocycles. The number of aryl methyl sites for hydroxylation is 2. The molecule has 0 spiro atoms. The SMILES string of the molecule is Cc1nnc(-c2nccn2C)nn1. The van der Waals surface area contributed by atoms with Crippen LogP contribution in [0.25, 0.3) is 11.6 Å². The van der Waals surface area contributed by atoms with Gasteiger partial charge in [-0.3, -0.25) is 0 Å². The second-order valence-electron chi connectivity index (χ2n) is 2.63. The van der Waals surface area contributed by atoms with E-state index in [1.807, 2.05) is 17.8 Å². The molecule has 0 amide bonds. The van der Waals surface area contributed by atoms with E-state index in [2.05, 4.69) is 25.4 Å². The van der Waals surface area contributed by atoms with E-state index in [9.17, 15) is 0 Å². The van der Waals surface area contributed by atoms with Gasteiger partial charge in [0.25, 0.3) is 0 Å². The van der Waals surface area contributed by atoms with Crippen molar-refractivity contribution in [2.45, 2.75) is 6.92 Å². The average molecular weight is 176 g/mol. The third-order valence-corrected chi connectivity index (χ3v) is 1.60. The number of nitrogens with zero attached hydrogens (tertiary/aromatic N) is 6. The molecule has 2 heterocycles. The van der Waals surface area contributed by atoms with E-state index in [1.54, 1.807) is 13.1 Å². The minimum Gasteiger partial charge on any atom is -0.331 e. The predicted octanol–water partition coefficient (Wildman–Crippen LogP) is -0.0245. The highest BCUT2D eigenvalue weighted by atomic mass is 15.3. The highest BCUT2D eigenvalue weighted by Gasteiger charge is 2.06. The van der Waals surface area contributed by atoms with Gasteiger partial charge in [-0.2, -0.15) is 0 Å². The Labute approximate surface area is 74.7 Å². The van der Waals surface area contributed by atoms with Gasteiger partial charge < -0.3 is 4.57 Å². The zero-order valence-corrected chi connectivity index (χ0v) is 7.34. The summed E-state index contributed by atoms with van der Waals surface area (Å²) in [5.41, 5.74) is 0. The van der Waals surface area contributed by atoms with E-state index in [1.165, 1.54) is 0 Å². The summed E-state index contributed by atoms with van der Waals surface area (Å²) in [6, 6.07) is 0. The van der Waals surface area contributed by atoms with Gasteiger partial charge in [0.15, 0.2) is 11.6 Å². The maximum atomic E-state index is 4.07. The normalized spacial score (nSPS) is 10.3. The molecular weight excluding hydrogens is 168 g/mol. The monoisotopic (exact) mass is 176 g/mol. The van der Waals surface area contributed by atoms with Crippen molar-refractivity contribution in [2.24, 2.45) is 7.05 Å². The lowest BCUT2D eigenvalue weighted by Gasteiger charge is -1.97. The van der Waals surface area contributed by atoms with Crippen LogP contribution in [-0.2, 0) is 7.05 Å². The largest absolute Gasteiger partial charge is 0.331 e. The first-order valence-electron chi connectivity index (χ1n) is 3.79. The van der Waals surface area contributed by atoms with Crippen LogP contribution in [0.4, 0.5) is 0 Å². The van der Waals surface area contributed by atoms with Crippen molar-refractivity contribution in [2.75, 3.05) is 0 Å². The fraction of sp³-hybridized carbons (Fsp3) is 0.286. The van der Waals surface area contributed by atoms with Crippen molar-refractivity contribution in [3.05, 3.63) is 18.2 Å². The summed E-state index contributed by atoms with van der Waals surface area (Å²) in [6.07, 6.45) is 3.50. The first-order chi connectivity index (χ1) is 6.27. The average Bonchev–Trinajstić information content (AvgIpc) is 2.53. The number of hydrogen-bond donors (Lipinski definition) is 0. The van der Waals surface area contributed by atoms with Gasteiger partial charge in [0.05, 0.1) is 0 Å². The first-order valence-corrected chi connectivity index (χ1v) is 3.79. The van der Waals surface area contributed by atoms with Crippen LogP contribution >= 0.6 is 0 Å². The highest BCUT2D eigenvalue weighted by molar-refractivity contribution is 5.41. The molecule has 0 fully saturated rings. The molecule has 0 saturated heterocycles. The molecule has 2 aromatic heterocycles. The zero-order valence-electron chi connectivity index (χ0n) is 7.34. The van der Waals surface area contributed by atoms with E-state index in [0.29, 0.717) is 17.5 Å². The molecule has 0 N–H and O–H groups in total. The summed E-state index contributed by atoms with van der Waals surface area (Å²) >= 11 is 0. The Morgan fingerprint density at radius 2 is 1.85 bits per heavy atom. The minimum atomic E-state index is 0.443. The molecule has 2 aromatic rings. The molecular formula is C7H8N6. The van der Waals surface area contributed by atoms with Crippen molar-refractivity contribution in [3.63, 3.8) is 0 Å². The van der Waals surface area contributed by atoms with Crippen LogP contribution < -0.4 is 0 Å². The first kappa shape index (κ1) is 7.78. The van der Waals surface area contributed by atoms with E-state index in [-0.39, 0.29) is 0 Å². The van der Waals surface area contributed by atoms with E-state index < -0.39 is 0 Å². The fourth-order valence-electron chi connectivity index (χ4n) is 0.950. The second kappa shape index (κ2) is 2.89. The summed E-state index contributed by atoms with van der Waals surface area (Å²) < 4.78 is 1.81. The van der Waals surface area contributed by atoms with E-state index >= 15 is 0 Å². The van der Waals surface area contributed by atoms with Gasteiger partial charge in [-0.05, 0) is 6.92 Å². The fourth-order valence-corrected chi connectivity index (χ4v) is 0.950. The topological polar surface area (TPSA) is 69.4 Å². The van der Waals surface area contributed by atoms with Crippen LogP contribution in [0.2, 0.25) is 0 Å². The lowest BCUT2D eigenvalue weighted by Crippen LogP contribution is -2.02.